The number of nitrogens with zero attached hydrogens (tertiary/aromatic N) is 1. The molecule has 0 unspecified atom stereocenters. The number of rotatable bonds is 4. The van der Waals surface area contributed by atoms with Gasteiger partial charge in [0.2, 0.25) is 0 Å². The first kappa shape index (κ1) is 11.3. The number of aryl methyl sites for hydroxylation is 2. The standard InChI is InChI=1S/C14H14N2O/c15-14(17)13-12(7-4-10-16-13)9-8-11-5-2-1-3-6-11/h1-7,10H,8-9H2,(H2,15,17). The van der Waals surface area contributed by atoms with Crippen molar-refractivity contribution in [3.8, 4) is 0 Å². The van der Waals surface area contributed by atoms with Gasteiger partial charge in [0.15, 0.2) is 0 Å². The van der Waals surface area contributed by atoms with Gasteiger partial charge in [0.05, 0.1) is 0 Å². The van der Waals surface area contributed by atoms with Crippen molar-refractivity contribution < 1.29 is 4.79 Å². The van der Waals surface area contributed by atoms with Gasteiger partial charge in [-0.05, 0) is 30.0 Å². The zero-order valence-electron chi connectivity index (χ0n) is 9.47. The average Bonchev–Trinajstić information content (AvgIpc) is 2.38. The smallest absolute Gasteiger partial charge is 0.267 e. The quantitative estimate of drug-likeness (QED) is 0.866. The van der Waals surface area contributed by atoms with Gasteiger partial charge in [-0.25, -0.2) is 0 Å². The van der Waals surface area contributed by atoms with E-state index in [1.807, 2.05) is 30.3 Å². The van der Waals surface area contributed by atoms with Crippen LogP contribution in [0.3, 0.4) is 0 Å². The van der Waals surface area contributed by atoms with Gasteiger partial charge in [-0.2, -0.15) is 0 Å². The Bertz CT molecular complexity index is 509. The Morgan fingerprint density at radius 3 is 2.53 bits per heavy atom. The first-order chi connectivity index (χ1) is 8.27. The highest BCUT2D eigenvalue weighted by molar-refractivity contribution is 5.92. The van der Waals surface area contributed by atoms with Gasteiger partial charge in [0.1, 0.15) is 5.69 Å². The lowest BCUT2D eigenvalue weighted by atomic mass is 10.0. The molecule has 0 saturated carbocycles. The lowest BCUT2D eigenvalue weighted by Crippen LogP contribution is -2.16. The van der Waals surface area contributed by atoms with Crippen molar-refractivity contribution >= 4 is 5.91 Å². The molecule has 1 aromatic carbocycles. The van der Waals surface area contributed by atoms with Gasteiger partial charge < -0.3 is 5.73 Å². The molecule has 86 valence electrons. The number of hydrogen-bond acceptors (Lipinski definition) is 2. The number of benzene rings is 1. The molecule has 2 rings (SSSR count). The van der Waals surface area contributed by atoms with Crippen LogP contribution in [-0.2, 0) is 12.8 Å². The Morgan fingerprint density at radius 2 is 1.82 bits per heavy atom. The Morgan fingerprint density at radius 1 is 1.06 bits per heavy atom. The normalized spacial score (nSPS) is 10.1. The van der Waals surface area contributed by atoms with Gasteiger partial charge in [-0.3, -0.25) is 9.78 Å². The van der Waals surface area contributed by atoms with Crippen molar-refractivity contribution in [1.29, 1.82) is 0 Å². The van der Waals surface area contributed by atoms with Crippen LogP contribution in [0.4, 0.5) is 0 Å². The molecule has 3 heteroatoms. The average molecular weight is 226 g/mol. The lowest BCUT2D eigenvalue weighted by molar-refractivity contribution is 0.0994. The van der Waals surface area contributed by atoms with E-state index in [1.54, 1.807) is 6.20 Å². The third-order valence-corrected chi connectivity index (χ3v) is 2.65. The van der Waals surface area contributed by atoms with Crippen LogP contribution in [-0.4, -0.2) is 10.9 Å². The molecule has 1 aromatic heterocycles. The minimum Gasteiger partial charge on any atom is -0.364 e. The Labute approximate surface area is 100 Å². The molecule has 0 fully saturated rings. The van der Waals surface area contributed by atoms with Crippen LogP contribution in [0.5, 0.6) is 0 Å². The van der Waals surface area contributed by atoms with Crippen LogP contribution in [0.15, 0.2) is 48.7 Å². The summed E-state index contributed by atoms with van der Waals surface area (Å²) in [5.74, 6) is -0.464. The predicted molar refractivity (Wildman–Crippen MR) is 66.6 cm³/mol. The van der Waals surface area contributed by atoms with E-state index in [9.17, 15) is 4.79 Å². The van der Waals surface area contributed by atoms with Crippen molar-refractivity contribution in [3.63, 3.8) is 0 Å². The molecule has 1 amide bonds. The highest BCUT2D eigenvalue weighted by atomic mass is 16.1. The van der Waals surface area contributed by atoms with Crippen LogP contribution in [0, 0.1) is 0 Å². The van der Waals surface area contributed by atoms with Crippen LogP contribution < -0.4 is 5.73 Å². The van der Waals surface area contributed by atoms with E-state index >= 15 is 0 Å². The van der Waals surface area contributed by atoms with E-state index < -0.39 is 5.91 Å². The first-order valence-corrected chi connectivity index (χ1v) is 5.55. The summed E-state index contributed by atoms with van der Waals surface area (Å²) in [7, 11) is 0. The van der Waals surface area contributed by atoms with Gasteiger partial charge in [0, 0.05) is 6.20 Å². The van der Waals surface area contributed by atoms with Crippen molar-refractivity contribution in [2.24, 2.45) is 5.73 Å². The highest BCUT2D eigenvalue weighted by Crippen LogP contribution is 2.10. The number of pyridine rings is 1. The summed E-state index contributed by atoms with van der Waals surface area (Å²) < 4.78 is 0. The molecule has 0 aliphatic heterocycles. The SMILES string of the molecule is NC(=O)c1ncccc1CCc1ccccc1. The molecule has 0 atom stereocenters. The fourth-order valence-corrected chi connectivity index (χ4v) is 1.79. The highest BCUT2D eigenvalue weighted by Gasteiger charge is 2.08. The minimum absolute atomic E-state index is 0.378. The summed E-state index contributed by atoms with van der Waals surface area (Å²) >= 11 is 0. The fourth-order valence-electron chi connectivity index (χ4n) is 1.79. The summed E-state index contributed by atoms with van der Waals surface area (Å²) in [4.78, 5) is 15.2. The second kappa shape index (κ2) is 5.25. The molecular weight excluding hydrogens is 212 g/mol. The summed E-state index contributed by atoms with van der Waals surface area (Å²) in [5.41, 5.74) is 7.81. The molecule has 2 aromatic rings. The number of nitrogens with two attached hydrogens (primary N) is 1. The Kier molecular flexibility index (Phi) is 3.50. The molecule has 1 heterocycles. The number of hydrogen-bond donors (Lipinski definition) is 1. The molecule has 0 saturated heterocycles. The molecule has 0 aliphatic carbocycles. The molecule has 0 bridgehead atoms. The van der Waals surface area contributed by atoms with Crippen LogP contribution in [0.1, 0.15) is 21.6 Å². The van der Waals surface area contributed by atoms with Gasteiger partial charge in [-0.1, -0.05) is 36.4 Å². The maximum Gasteiger partial charge on any atom is 0.267 e. The summed E-state index contributed by atoms with van der Waals surface area (Å²) in [5, 5.41) is 0. The third-order valence-electron chi connectivity index (χ3n) is 2.65. The van der Waals surface area contributed by atoms with Crippen LogP contribution >= 0.6 is 0 Å². The molecule has 3 nitrogen and oxygen atoms in total. The second-order valence-corrected chi connectivity index (χ2v) is 3.86. The van der Waals surface area contributed by atoms with E-state index in [2.05, 4.69) is 17.1 Å². The monoisotopic (exact) mass is 226 g/mol. The largest absolute Gasteiger partial charge is 0.364 e. The topological polar surface area (TPSA) is 56.0 Å². The van der Waals surface area contributed by atoms with E-state index in [0.29, 0.717) is 5.69 Å². The van der Waals surface area contributed by atoms with Crippen molar-refractivity contribution in [2.75, 3.05) is 0 Å². The van der Waals surface area contributed by atoms with E-state index in [4.69, 9.17) is 5.73 Å². The molecule has 0 aliphatic rings. The molecule has 17 heavy (non-hydrogen) atoms. The third kappa shape index (κ3) is 2.91. The maximum absolute atomic E-state index is 11.2. The summed E-state index contributed by atoms with van der Waals surface area (Å²) in [6.45, 7) is 0. The fraction of sp³-hybridized carbons (Fsp3) is 0.143. The molecule has 0 spiro atoms. The van der Waals surface area contributed by atoms with Crippen molar-refractivity contribution in [1.82, 2.24) is 4.98 Å². The van der Waals surface area contributed by atoms with Gasteiger partial charge in [-0.15, -0.1) is 0 Å². The second-order valence-electron chi connectivity index (χ2n) is 3.86. The van der Waals surface area contributed by atoms with E-state index in [-0.39, 0.29) is 0 Å². The van der Waals surface area contributed by atoms with Crippen LogP contribution in [0.25, 0.3) is 0 Å². The van der Waals surface area contributed by atoms with E-state index in [1.165, 1.54) is 5.56 Å². The summed E-state index contributed by atoms with van der Waals surface area (Å²) in [6, 6.07) is 13.9. The van der Waals surface area contributed by atoms with Gasteiger partial charge in [0.25, 0.3) is 5.91 Å². The lowest BCUT2D eigenvalue weighted by Gasteiger charge is -2.05. The minimum atomic E-state index is -0.464. The van der Waals surface area contributed by atoms with Crippen molar-refractivity contribution in [3.05, 3.63) is 65.5 Å². The zero-order chi connectivity index (χ0) is 12.1. The maximum atomic E-state index is 11.2. The Balaban J connectivity index is 2.12. The van der Waals surface area contributed by atoms with Crippen LogP contribution in [0.2, 0.25) is 0 Å². The van der Waals surface area contributed by atoms with E-state index in [0.717, 1.165) is 18.4 Å². The summed E-state index contributed by atoms with van der Waals surface area (Å²) in [6.07, 6.45) is 3.25. The molecule has 2 N–H and O–H groups in total. The number of primary amides is 1. The zero-order valence-corrected chi connectivity index (χ0v) is 9.47. The number of carbonyl (C=O) groups excluding carboxylic acids is 1. The number of carbonyl (C=O) groups is 1. The predicted octanol–water partition coefficient (Wildman–Crippen LogP) is 1.97. The molecular formula is C14H14N2O. The van der Waals surface area contributed by atoms with Gasteiger partial charge >= 0.3 is 0 Å². The number of aromatic nitrogens is 1. The van der Waals surface area contributed by atoms with Crippen molar-refractivity contribution in [2.45, 2.75) is 12.8 Å². The Hall–Kier alpha value is -2.16. The number of amides is 1. The molecule has 0 radical (unpaired) electrons. The first-order valence-electron chi connectivity index (χ1n) is 5.55.